The fourth-order valence-corrected chi connectivity index (χ4v) is 1.90. The van der Waals surface area contributed by atoms with Gasteiger partial charge in [-0.3, -0.25) is 0 Å². The highest BCUT2D eigenvalue weighted by molar-refractivity contribution is 6.30. The number of aromatic nitrogens is 4. The number of hydrogen-bond acceptors (Lipinski definition) is 4. The molecular formula is C14H20ClN5. The van der Waals surface area contributed by atoms with Gasteiger partial charge in [-0.1, -0.05) is 32.4 Å². The van der Waals surface area contributed by atoms with Crippen molar-refractivity contribution in [2.24, 2.45) is 7.05 Å². The maximum absolute atomic E-state index is 6.20. The molecule has 0 amide bonds. The third-order valence-corrected chi connectivity index (χ3v) is 3.46. The summed E-state index contributed by atoms with van der Waals surface area (Å²) >= 11 is 6.20. The van der Waals surface area contributed by atoms with Crippen LogP contribution in [-0.4, -0.2) is 19.5 Å². The SMILES string of the molecule is Cc1c(Cl)nc(C(C)(C)C)nc1NCc1nccn1C. The molecule has 0 unspecified atom stereocenters. The Morgan fingerprint density at radius 1 is 1.30 bits per heavy atom. The lowest BCUT2D eigenvalue weighted by atomic mass is 9.95. The summed E-state index contributed by atoms with van der Waals surface area (Å²) in [7, 11) is 1.96. The van der Waals surface area contributed by atoms with Crippen LogP contribution in [0.15, 0.2) is 12.4 Å². The van der Waals surface area contributed by atoms with Crippen LogP contribution in [0.2, 0.25) is 5.15 Å². The summed E-state index contributed by atoms with van der Waals surface area (Å²) < 4.78 is 1.97. The van der Waals surface area contributed by atoms with Crippen molar-refractivity contribution in [2.45, 2.75) is 39.7 Å². The number of halogens is 1. The Kier molecular flexibility index (Phi) is 3.99. The maximum Gasteiger partial charge on any atom is 0.137 e. The number of imidazole rings is 1. The second kappa shape index (κ2) is 5.40. The third kappa shape index (κ3) is 3.10. The van der Waals surface area contributed by atoms with Crippen molar-refractivity contribution in [1.82, 2.24) is 19.5 Å². The molecule has 6 heteroatoms. The van der Waals surface area contributed by atoms with E-state index in [0.29, 0.717) is 11.7 Å². The van der Waals surface area contributed by atoms with E-state index >= 15 is 0 Å². The Balaban J connectivity index is 2.27. The van der Waals surface area contributed by atoms with Crippen molar-refractivity contribution in [3.05, 3.63) is 34.8 Å². The molecule has 0 aliphatic heterocycles. The van der Waals surface area contributed by atoms with Crippen LogP contribution in [0.4, 0.5) is 5.82 Å². The van der Waals surface area contributed by atoms with Crippen LogP contribution in [0.25, 0.3) is 0 Å². The van der Waals surface area contributed by atoms with Crippen LogP contribution in [0, 0.1) is 6.92 Å². The van der Waals surface area contributed by atoms with Gasteiger partial charge < -0.3 is 9.88 Å². The second-order valence-corrected chi connectivity index (χ2v) is 6.23. The summed E-state index contributed by atoms with van der Waals surface area (Å²) in [5.74, 6) is 2.44. The molecule has 0 aliphatic carbocycles. The van der Waals surface area contributed by atoms with Crippen LogP contribution in [0.3, 0.4) is 0 Å². The Labute approximate surface area is 124 Å². The van der Waals surface area contributed by atoms with Crippen molar-refractivity contribution in [1.29, 1.82) is 0 Å². The Morgan fingerprint density at radius 3 is 2.55 bits per heavy atom. The van der Waals surface area contributed by atoms with Crippen LogP contribution in [-0.2, 0) is 19.0 Å². The van der Waals surface area contributed by atoms with Gasteiger partial charge in [0.05, 0.1) is 6.54 Å². The zero-order valence-electron chi connectivity index (χ0n) is 12.5. The first kappa shape index (κ1) is 14.8. The Hall–Kier alpha value is -1.62. The lowest BCUT2D eigenvalue weighted by molar-refractivity contribution is 0.545. The number of rotatable bonds is 3. The first-order valence-corrected chi connectivity index (χ1v) is 6.91. The molecule has 1 N–H and O–H groups in total. The van der Waals surface area contributed by atoms with E-state index in [1.54, 1.807) is 6.20 Å². The molecule has 0 bridgehead atoms. The van der Waals surface area contributed by atoms with Crippen LogP contribution in [0.1, 0.15) is 38.0 Å². The van der Waals surface area contributed by atoms with Gasteiger partial charge in [0.25, 0.3) is 0 Å². The second-order valence-electron chi connectivity index (χ2n) is 5.87. The van der Waals surface area contributed by atoms with Crippen LogP contribution >= 0.6 is 11.6 Å². The quantitative estimate of drug-likeness (QED) is 0.884. The van der Waals surface area contributed by atoms with Gasteiger partial charge in [0.2, 0.25) is 0 Å². The predicted molar refractivity (Wildman–Crippen MR) is 81.0 cm³/mol. The molecule has 0 aromatic carbocycles. The Morgan fingerprint density at radius 2 is 2.00 bits per heavy atom. The summed E-state index contributed by atoms with van der Waals surface area (Å²) in [6.45, 7) is 8.71. The largest absolute Gasteiger partial charge is 0.362 e. The van der Waals surface area contributed by atoms with E-state index in [4.69, 9.17) is 11.6 Å². The third-order valence-electron chi connectivity index (χ3n) is 3.09. The Bertz CT molecular complexity index is 613. The summed E-state index contributed by atoms with van der Waals surface area (Å²) in [5.41, 5.74) is 0.714. The van der Waals surface area contributed by atoms with Crippen molar-refractivity contribution >= 4 is 17.4 Å². The zero-order chi connectivity index (χ0) is 14.9. The van der Waals surface area contributed by atoms with E-state index < -0.39 is 0 Å². The maximum atomic E-state index is 6.20. The highest BCUT2D eigenvalue weighted by atomic mass is 35.5. The molecule has 0 spiro atoms. The molecule has 20 heavy (non-hydrogen) atoms. The zero-order valence-corrected chi connectivity index (χ0v) is 13.3. The van der Waals surface area contributed by atoms with Gasteiger partial charge in [-0.05, 0) is 6.92 Å². The van der Waals surface area contributed by atoms with Crippen molar-refractivity contribution < 1.29 is 0 Å². The van der Waals surface area contributed by atoms with Crippen molar-refractivity contribution in [3.63, 3.8) is 0 Å². The fourth-order valence-electron chi connectivity index (χ4n) is 1.73. The smallest absolute Gasteiger partial charge is 0.137 e. The average molecular weight is 294 g/mol. The average Bonchev–Trinajstić information content (AvgIpc) is 2.75. The van der Waals surface area contributed by atoms with Crippen molar-refractivity contribution in [2.75, 3.05) is 5.32 Å². The molecule has 2 rings (SSSR count). The van der Waals surface area contributed by atoms with Gasteiger partial charge in [-0.25, -0.2) is 15.0 Å². The number of hydrogen-bond donors (Lipinski definition) is 1. The van der Waals surface area contributed by atoms with Gasteiger partial charge in [-0.2, -0.15) is 0 Å². The van der Waals surface area contributed by atoms with Gasteiger partial charge >= 0.3 is 0 Å². The molecule has 5 nitrogen and oxygen atoms in total. The fraction of sp³-hybridized carbons (Fsp3) is 0.500. The molecule has 108 valence electrons. The molecule has 0 radical (unpaired) electrons. The summed E-state index contributed by atoms with van der Waals surface area (Å²) in [6.07, 6.45) is 3.69. The van der Waals surface area contributed by atoms with E-state index in [0.717, 1.165) is 23.0 Å². The number of nitrogens with zero attached hydrogens (tertiary/aromatic N) is 4. The molecule has 0 atom stereocenters. The minimum absolute atomic E-state index is 0.142. The van der Waals surface area contributed by atoms with Crippen LogP contribution in [0.5, 0.6) is 0 Å². The first-order chi connectivity index (χ1) is 9.29. The molecule has 2 aromatic rings. The van der Waals surface area contributed by atoms with E-state index in [9.17, 15) is 0 Å². The molecule has 0 saturated heterocycles. The van der Waals surface area contributed by atoms with Gasteiger partial charge in [0.15, 0.2) is 0 Å². The summed E-state index contributed by atoms with van der Waals surface area (Å²) in [5, 5.41) is 3.78. The van der Waals surface area contributed by atoms with Gasteiger partial charge in [0.1, 0.15) is 22.6 Å². The van der Waals surface area contributed by atoms with E-state index in [-0.39, 0.29) is 5.41 Å². The van der Waals surface area contributed by atoms with E-state index in [1.807, 2.05) is 24.7 Å². The van der Waals surface area contributed by atoms with E-state index in [1.165, 1.54) is 0 Å². The van der Waals surface area contributed by atoms with Crippen molar-refractivity contribution in [3.8, 4) is 0 Å². The highest BCUT2D eigenvalue weighted by Gasteiger charge is 2.20. The summed E-state index contributed by atoms with van der Waals surface area (Å²) in [6, 6.07) is 0. The minimum atomic E-state index is -0.142. The standard InChI is InChI=1S/C14H20ClN5/c1-9-11(15)18-13(14(2,3)4)19-12(9)17-8-10-16-6-7-20(10)5/h6-7H,8H2,1-5H3,(H,17,18,19). The molecule has 2 aromatic heterocycles. The first-order valence-electron chi connectivity index (χ1n) is 6.53. The molecule has 2 heterocycles. The van der Waals surface area contributed by atoms with Crippen LogP contribution < -0.4 is 5.32 Å². The molecule has 0 aliphatic rings. The number of anilines is 1. The predicted octanol–water partition coefficient (Wildman–Crippen LogP) is 3.08. The lowest BCUT2D eigenvalue weighted by Crippen LogP contribution is -2.18. The number of nitrogens with one attached hydrogen (secondary N) is 1. The van der Waals surface area contributed by atoms with Gasteiger partial charge in [-0.15, -0.1) is 0 Å². The normalized spacial score (nSPS) is 11.7. The minimum Gasteiger partial charge on any atom is -0.362 e. The van der Waals surface area contributed by atoms with Gasteiger partial charge in [0, 0.05) is 30.4 Å². The highest BCUT2D eigenvalue weighted by Crippen LogP contribution is 2.26. The molecular weight excluding hydrogens is 274 g/mol. The molecule has 0 saturated carbocycles. The lowest BCUT2D eigenvalue weighted by Gasteiger charge is -2.19. The monoisotopic (exact) mass is 293 g/mol. The molecule has 0 fully saturated rings. The number of aryl methyl sites for hydroxylation is 1. The topological polar surface area (TPSA) is 55.6 Å². The van der Waals surface area contributed by atoms with E-state index in [2.05, 4.69) is 41.0 Å². The summed E-state index contributed by atoms with van der Waals surface area (Å²) in [4.78, 5) is 13.2.